The van der Waals surface area contributed by atoms with Crippen LogP contribution >= 0.6 is 0 Å². The van der Waals surface area contributed by atoms with E-state index in [9.17, 15) is 14.7 Å². The molecule has 7 heteroatoms. The lowest BCUT2D eigenvalue weighted by molar-refractivity contribution is -0.286. The molecule has 0 spiro atoms. The number of alkyl carbamates (subject to hydrolysis) is 1. The number of allylic oxidation sites excluding steroid dienone is 3. The molecule has 25 heavy (non-hydrogen) atoms. The van der Waals surface area contributed by atoms with Crippen molar-refractivity contribution >= 4 is 12.1 Å². The van der Waals surface area contributed by atoms with Gasteiger partial charge in [-0.15, -0.1) is 0 Å². The average Bonchev–Trinajstić information content (AvgIpc) is 2.99. The molecular weight excluding hydrogens is 326 g/mol. The number of hydrogen-bond acceptors (Lipinski definition) is 6. The van der Waals surface area contributed by atoms with E-state index in [1.807, 2.05) is 0 Å². The van der Waals surface area contributed by atoms with Gasteiger partial charge in [0.15, 0.2) is 5.79 Å². The third kappa shape index (κ3) is 4.83. The Morgan fingerprint density at radius 2 is 1.92 bits per heavy atom. The molecule has 0 radical (unpaired) electrons. The van der Waals surface area contributed by atoms with Crippen molar-refractivity contribution in [1.82, 2.24) is 5.32 Å². The van der Waals surface area contributed by atoms with Crippen LogP contribution in [-0.4, -0.2) is 47.8 Å². The van der Waals surface area contributed by atoms with Crippen molar-refractivity contribution in [2.45, 2.75) is 69.0 Å². The Bertz CT molecular complexity index is 560. The Hall–Kier alpha value is -1.86. The number of esters is 1. The topological polar surface area (TPSA) is 94.1 Å². The van der Waals surface area contributed by atoms with Crippen molar-refractivity contribution in [3.05, 3.63) is 24.3 Å². The number of aliphatic hydroxyl groups is 1. The van der Waals surface area contributed by atoms with Gasteiger partial charge in [0.2, 0.25) is 0 Å². The zero-order valence-corrected chi connectivity index (χ0v) is 14.2. The van der Waals surface area contributed by atoms with Gasteiger partial charge < -0.3 is 24.6 Å². The van der Waals surface area contributed by atoms with E-state index in [1.165, 1.54) is 6.08 Å². The Labute approximate surface area is 147 Å². The second-order valence-corrected chi connectivity index (χ2v) is 6.76. The van der Waals surface area contributed by atoms with Gasteiger partial charge in [-0.05, 0) is 32.1 Å². The maximum atomic E-state index is 12.0. The van der Waals surface area contributed by atoms with Crippen LogP contribution in [0.3, 0.4) is 0 Å². The lowest BCUT2D eigenvalue weighted by Crippen LogP contribution is -2.58. The molecule has 0 aromatic heterocycles. The maximum absolute atomic E-state index is 12.0. The molecule has 2 saturated heterocycles. The minimum absolute atomic E-state index is 0.0331. The second kappa shape index (κ2) is 8.01. The van der Waals surface area contributed by atoms with Crippen molar-refractivity contribution in [3.8, 4) is 0 Å². The molecule has 2 N–H and O–H groups in total. The first-order valence-corrected chi connectivity index (χ1v) is 8.91. The number of hydrogen-bond donors (Lipinski definition) is 2. The van der Waals surface area contributed by atoms with Crippen LogP contribution in [0.5, 0.6) is 0 Å². The monoisotopic (exact) mass is 351 g/mol. The number of fused-ring (bicyclic) bond motifs is 2. The minimum Gasteiger partial charge on any atom is -0.459 e. The summed E-state index contributed by atoms with van der Waals surface area (Å²) >= 11 is 0. The summed E-state index contributed by atoms with van der Waals surface area (Å²) in [7, 11) is 0. The molecule has 0 aromatic carbocycles. The van der Waals surface area contributed by atoms with Crippen molar-refractivity contribution in [2.75, 3.05) is 6.61 Å². The Morgan fingerprint density at radius 3 is 2.72 bits per heavy atom. The number of rotatable bonds is 1. The predicted octanol–water partition coefficient (Wildman–Crippen LogP) is 1.95. The van der Waals surface area contributed by atoms with Gasteiger partial charge in [-0.3, -0.25) is 0 Å². The summed E-state index contributed by atoms with van der Waals surface area (Å²) in [6, 6.07) is -0.668. The van der Waals surface area contributed by atoms with Crippen LogP contribution in [0.4, 0.5) is 4.79 Å². The van der Waals surface area contributed by atoms with E-state index < -0.39 is 30.0 Å². The Balaban J connectivity index is 1.73. The summed E-state index contributed by atoms with van der Waals surface area (Å²) in [5.74, 6) is -2.02. The van der Waals surface area contributed by atoms with Crippen molar-refractivity contribution in [1.29, 1.82) is 0 Å². The molecular formula is C18H25NO6. The Morgan fingerprint density at radius 1 is 1.12 bits per heavy atom. The van der Waals surface area contributed by atoms with Gasteiger partial charge in [0.25, 0.3) is 0 Å². The van der Waals surface area contributed by atoms with E-state index in [1.54, 1.807) is 6.08 Å². The van der Waals surface area contributed by atoms with E-state index in [4.69, 9.17) is 14.2 Å². The van der Waals surface area contributed by atoms with Crippen LogP contribution in [0.1, 0.15) is 44.9 Å². The van der Waals surface area contributed by atoms with Gasteiger partial charge in [0, 0.05) is 18.9 Å². The molecule has 0 unspecified atom stereocenters. The summed E-state index contributed by atoms with van der Waals surface area (Å²) in [5, 5.41) is 13.5. The van der Waals surface area contributed by atoms with E-state index >= 15 is 0 Å². The van der Waals surface area contributed by atoms with Gasteiger partial charge >= 0.3 is 12.1 Å². The normalized spacial score (nSPS) is 39.5. The summed E-state index contributed by atoms with van der Waals surface area (Å²) < 4.78 is 16.3. The van der Waals surface area contributed by atoms with Crippen LogP contribution < -0.4 is 5.32 Å². The number of carbonyl (C=O) groups is 2. The maximum Gasteiger partial charge on any atom is 0.407 e. The first-order valence-electron chi connectivity index (χ1n) is 8.91. The summed E-state index contributed by atoms with van der Waals surface area (Å²) in [6.07, 6.45) is 11.1. The molecule has 4 atom stereocenters. The van der Waals surface area contributed by atoms with E-state index in [0.29, 0.717) is 6.42 Å². The fourth-order valence-corrected chi connectivity index (χ4v) is 3.48. The Kier molecular flexibility index (Phi) is 5.75. The summed E-state index contributed by atoms with van der Waals surface area (Å²) in [6.45, 7) is 0.0331. The quantitative estimate of drug-likeness (QED) is 0.554. The van der Waals surface area contributed by atoms with Crippen LogP contribution in [0.15, 0.2) is 24.3 Å². The molecule has 3 aliphatic rings. The largest absolute Gasteiger partial charge is 0.459 e. The van der Waals surface area contributed by atoms with Crippen LogP contribution in [-0.2, 0) is 19.0 Å². The SMILES string of the molecule is O=C1/C=C\CC/C=C\CCC[C@@H]2C[C@H](C[C@](O)([C@H]3COC(=O)N3)O2)O1. The summed E-state index contributed by atoms with van der Waals surface area (Å²) in [4.78, 5) is 23.3. The van der Waals surface area contributed by atoms with Crippen LogP contribution in [0.2, 0.25) is 0 Å². The van der Waals surface area contributed by atoms with E-state index in [-0.39, 0.29) is 19.1 Å². The highest BCUT2D eigenvalue weighted by molar-refractivity contribution is 5.82. The van der Waals surface area contributed by atoms with E-state index in [0.717, 1.165) is 32.1 Å². The van der Waals surface area contributed by atoms with Gasteiger partial charge in [-0.2, -0.15) is 0 Å². The van der Waals surface area contributed by atoms with Crippen molar-refractivity contribution < 1.29 is 28.9 Å². The minimum atomic E-state index is -1.60. The van der Waals surface area contributed by atoms with Gasteiger partial charge in [-0.1, -0.05) is 18.2 Å². The smallest absolute Gasteiger partial charge is 0.407 e. The lowest BCUT2D eigenvalue weighted by Gasteiger charge is -2.43. The van der Waals surface area contributed by atoms with Gasteiger partial charge in [0.05, 0.1) is 6.10 Å². The number of nitrogens with one attached hydrogen (secondary N) is 1. The highest BCUT2D eigenvalue weighted by Gasteiger charge is 2.50. The van der Waals surface area contributed by atoms with E-state index in [2.05, 4.69) is 17.5 Å². The molecule has 3 rings (SSSR count). The number of carbonyl (C=O) groups excluding carboxylic acids is 2. The molecule has 0 aromatic rings. The molecule has 138 valence electrons. The molecule has 2 bridgehead atoms. The molecule has 1 amide bonds. The van der Waals surface area contributed by atoms with Crippen molar-refractivity contribution in [2.24, 2.45) is 0 Å². The molecule has 2 fully saturated rings. The third-order valence-electron chi connectivity index (χ3n) is 4.73. The summed E-state index contributed by atoms with van der Waals surface area (Å²) in [5.41, 5.74) is 0. The number of cyclic esters (lactones) is 1. The number of amides is 1. The van der Waals surface area contributed by atoms with Crippen LogP contribution in [0.25, 0.3) is 0 Å². The van der Waals surface area contributed by atoms with Gasteiger partial charge in [0.1, 0.15) is 18.8 Å². The average molecular weight is 351 g/mol. The van der Waals surface area contributed by atoms with Crippen molar-refractivity contribution in [3.63, 3.8) is 0 Å². The first kappa shape index (κ1) is 17.9. The molecule has 3 heterocycles. The second-order valence-electron chi connectivity index (χ2n) is 6.76. The van der Waals surface area contributed by atoms with Gasteiger partial charge in [-0.25, -0.2) is 9.59 Å². The molecule has 0 aliphatic carbocycles. The zero-order chi connectivity index (χ0) is 17.7. The first-order chi connectivity index (χ1) is 12.0. The molecule has 3 aliphatic heterocycles. The number of ether oxygens (including phenoxy) is 3. The highest BCUT2D eigenvalue weighted by atomic mass is 16.6. The third-order valence-corrected chi connectivity index (χ3v) is 4.73. The fraction of sp³-hybridized carbons (Fsp3) is 0.667. The zero-order valence-electron chi connectivity index (χ0n) is 14.2. The molecule has 7 nitrogen and oxygen atoms in total. The standard InChI is InChI=1S/C18H25NO6/c20-16-9-7-5-3-1-2-4-6-8-13-10-14(24-16)11-18(22,25-13)15-12-23-17(21)19-15/h1-2,7,9,13-15,22H,3-6,8,10-12H2,(H,19,21)/b2-1-,9-7-/t13-,14-,15-,18-/m1/s1. The lowest BCUT2D eigenvalue weighted by atomic mass is 9.91. The molecule has 0 saturated carbocycles. The van der Waals surface area contributed by atoms with Crippen LogP contribution in [0, 0.1) is 0 Å². The highest BCUT2D eigenvalue weighted by Crippen LogP contribution is 2.34. The predicted molar refractivity (Wildman–Crippen MR) is 88.6 cm³/mol. The fourth-order valence-electron chi connectivity index (χ4n) is 3.48.